The molecule has 1 fully saturated rings. The molecule has 2 aromatic carbocycles. The van der Waals surface area contributed by atoms with E-state index in [1.165, 1.54) is 30.2 Å². The first-order valence-corrected chi connectivity index (χ1v) is 9.99. The third-order valence-electron chi connectivity index (χ3n) is 4.94. The normalized spacial score (nSPS) is 17.8. The number of hydrogen-bond donors (Lipinski definition) is 1. The van der Waals surface area contributed by atoms with Crippen molar-refractivity contribution in [3.8, 4) is 5.75 Å². The zero-order chi connectivity index (χ0) is 22.1. The summed E-state index contributed by atoms with van der Waals surface area (Å²) in [6.07, 6.45) is 1.56. The average molecular weight is 455 g/mol. The van der Waals surface area contributed by atoms with Gasteiger partial charge >= 0.3 is 0 Å². The number of Topliss-reactive ketones (excluding diaryl/α,β-unsaturated/α-hetero) is 1. The van der Waals surface area contributed by atoms with Crippen molar-refractivity contribution in [1.82, 2.24) is 4.98 Å². The molecule has 4 rings (SSSR count). The van der Waals surface area contributed by atoms with E-state index >= 15 is 0 Å². The highest BCUT2D eigenvalue weighted by Gasteiger charge is 2.47. The van der Waals surface area contributed by atoms with Gasteiger partial charge in [0.05, 0.1) is 28.4 Å². The molecular formula is C23H16Cl2N2O4. The van der Waals surface area contributed by atoms with Crippen molar-refractivity contribution < 1.29 is 19.4 Å². The number of benzene rings is 2. The number of nitrogens with zero attached hydrogens (tertiary/aromatic N) is 2. The van der Waals surface area contributed by atoms with Crippen molar-refractivity contribution >= 4 is 46.3 Å². The molecule has 156 valence electrons. The molecular weight excluding hydrogens is 439 g/mol. The van der Waals surface area contributed by atoms with E-state index in [0.717, 1.165) is 0 Å². The molecule has 0 spiro atoms. The number of halogens is 2. The number of rotatable bonds is 4. The lowest BCUT2D eigenvalue weighted by Crippen LogP contribution is -2.29. The van der Waals surface area contributed by atoms with Crippen LogP contribution in [0.3, 0.4) is 0 Å². The van der Waals surface area contributed by atoms with E-state index in [4.69, 9.17) is 27.9 Å². The first kappa shape index (κ1) is 20.9. The fourth-order valence-corrected chi connectivity index (χ4v) is 3.77. The maximum atomic E-state index is 13.1. The third-order valence-corrected chi connectivity index (χ3v) is 5.68. The number of ketones is 1. The topological polar surface area (TPSA) is 79.7 Å². The number of anilines is 1. The first-order chi connectivity index (χ1) is 14.9. The van der Waals surface area contributed by atoms with Crippen LogP contribution < -0.4 is 9.64 Å². The molecule has 2 heterocycles. The molecule has 1 N–H and O–H groups in total. The molecule has 1 amide bonds. The smallest absolute Gasteiger partial charge is 0.300 e. The minimum Gasteiger partial charge on any atom is -0.507 e. The molecule has 1 aliphatic heterocycles. The van der Waals surface area contributed by atoms with Gasteiger partial charge in [-0.15, -0.1) is 0 Å². The molecule has 0 bridgehead atoms. The highest BCUT2D eigenvalue weighted by molar-refractivity contribution is 6.51. The molecule has 1 atom stereocenters. The van der Waals surface area contributed by atoms with Crippen LogP contribution >= 0.6 is 23.2 Å². The fraction of sp³-hybridized carbons (Fsp3) is 0.0870. The van der Waals surface area contributed by atoms with Gasteiger partial charge < -0.3 is 9.84 Å². The van der Waals surface area contributed by atoms with Gasteiger partial charge in [0.1, 0.15) is 17.6 Å². The van der Waals surface area contributed by atoms with Crippen LogP contribution in [0.2, 0.25) is 10.0 Å². The van der Waals surface area contributed by atoms with Gasteiger partial charge in [-0.2, -0.15) is 0 Å². The highest BCUT2D eigenvalue weighted by atomic mass is 35.5. The van der Waals surface area contributed by atoms with Crippen molar-refractivity contribution in [2.75, 3.05) is 12.0 Å². The lowest BCUT2D eigenvalue weighted by atomic mass is 9.98. The van der Waals surface area contributed by atoms with Gasteiger partial charge in [-0.05, 0) is 42.5 Å². The van der Waals surface area contributed by atoms with E-state index in [0.29, 0.717) is 22.2 Å². The van der Waals surface area contributed by atoms with Crippen LogP contribution in [0.5, 0.6) is 5.75 Å². The number of carbonyl (C=O) groups excluding carboxylic acids is 2. The zero-order valence-corrected chi connectivity index (χ0v) is 17.8. The molecule has 1 aliphatic rings. The van der Waals surface area contributed by atoms with Gasteiger partial charge in [0.25, 0.3) is 11.7 Å². The van der Waals surface area contributed by atoms with Crippen molar-refractivity contribution in [3.05, 3.63) is 93.7 Å². The summed E-state index contributed by atoms with van der Waals surface area (Å²) in [5.74, 6) is -1.46. The molecule has 0 radical (unpaired) electrons. The van der Waals surface area contributed by atoms with E-state index in [9.17, 15) is 14.7 Å². The summed E-state index contributed by atoms with van der Waals surface area (Å²) < 4.78 is 5.26. The Morgan fingerprint density at radius 3 is 2.52 bits per heavy atom. The van der Waals surface area contributed by atoms with Gasteiger partial charge in [0.15, 0.2) is 0 Å². The second-order valence-electron chi connectivity index (χ2n) is 6.75. The van der Waals surface area contributed by atoms with E-state index < -0.39 is 17.7 Å². The van der Waals surface area contributed by atoms with Gasteiger partial charge in [-0.25, -0.2) is 0 Å². The third kappa shape index (κ3) is 3.76. The summed E-state index contributed by atoms with van der Waals surface area (Å²) >= 11 is 12.1. The number of carbonyl (C=O) groups is 2. The standard InChI is InChI=1S/C23H16Cl2N2O4/c1-31-15-6-4-5-14(12-15)27-20(18-7-2-3-10-26-18)19(22(29)23(27)30)21(28)13-8-9-16(24)17(25)11-13/h2-12,20,28H,1H3/b21-19+. The number of methoxy groups -OCH3 is 1. The fourth-order valence-electron chi connectivity index (χ4n) is 3.48. The molecule has 0 saturated carbocycles. The Labute approximate surface area is 188 Å². The van der Waals surface area contributed by atoms with Crippen molar-refractivity contribution in [2.45, 2.75) is 6.04 Å². The minimum atomic E-state index is -0.942. The molecule has 8 heteroatoms. The van der Waals surface area contributed by atoms with Crippen LogP contribution in [0, 0.1) is 0 Å². The zero-order valence-electron chi connectivity index (χ0n) is 16.3. The quantitative estimate of drug-likeness (QED) is 0.340. The molecule has 3 aromatic rings. The molecule has 6 nitrogen and oxygen atoms in total. The van der Waals surface area contributed by atoms with Crippen LogP contribution in [0.15, 0.2) is 72.4 Å². The van der Waals surface area contributed by atoms with Crippen LogP contribution in [0.4, 0.5) is 5.69 Å². The van der Waals surface area contributed by atoms with E-state index in [1.54, 1.807) is 48.7 Å². The summed E-state index contributed by atoms with van der Waals surface area (Å²) in [6, 6.07) is 15.4. The Kier molecular flexibility index (Phi) is 5.67. The monoisotopic (exact) mass is 454 g/mol. The Morgan fingerprint density at radius 2 is 1.84 bits per heavy atom. The predicted octanol–water partition coefficient (Wildman–Crippen LogP) is 5.02. The van der Waals surface area contributed by atoms with Crippen molar-refractivity contribution in [3.63, 3.8) is 0 Å². The van der Waals surface area contributed by atoms with E-state index in [1.807, 2.05) is 0 Å². The number of aliphatic hydroxyl groups is 1. The molecule has 1 saturated heterocycles. The number of amides is 1. The second kappa shape index (κ2) is 8.41. The predicted molar refractivity (Wildman–Crippen MR) is 118 cm³/mol. The Morgan fingerprint density at radius 1 is 1.03 bits per heavy atom. The summed E-state index contributed by atoms with van der Waals surface area (Å²) in [4.78, 5) is 31.8. The molecule has 0 aliphatic carbocycles. The Bertz CT molecular complexity index is 1210. The second-order valence-corrected chi connectivity index (χ2v) is 7.57. The SMILES string of the molecule is COc1cccc(N2C(=O)C(=O)/C(=C(/O)c3ccc(Cl)c(Cl)c3)C2c2ccccn2)c1. The van der Waals surface area contributed by atoms with Crippen LogP contribution in [0.25, 0.3) is 5.76 Å². The highest BCUT2D eigenvalue weighted by Crippen LogP contribution is 2.42. The van der Waals surface area contributed by atoms with Crippen molar-refractivity contribution in [2.24, 2.45) is 0 Å². The van der Waals surface area contributed by atoms with Crippen LogP contribution in [-0.4, -0.2) is 28.9 Å². The summed E-state index contributed by atoms with van der Waals surface area (Å²) in [5, 5.41) is 11.6. The molecule has 1 unspecified atom stereocenters. The summed E-state index contributed by atoms with van der Waals surface area (Å²) in [6.45, 7) is 0. The minimum absolute atomic E-state index is 0.0927. The van der Waals surface area contributed by atoms with Crippen molar-refractivity contribution in [1.29, 1.82) is 0 Å². The first-order valence-electron chi connectivity index (χ1n) is 9.23. The summed E-state index contributed by atoms with van der Waals surface area (Å²) in [5.41, 5.74) is 1.03. The number of pyridine rings is 1. The Hall–Kier alpha value is -3.35. The van der Waals surface area contributed by atoms with E-state index in [-0.39, 0.29) is 21.9 Å². The molecule has 31 heavy (non-hydrogen) atoms. The maximum Gasteiger partial charge on any atom is 0.300 e. The number of aliphatic hydroxyl groups excluding tert-OH is 1. The van der Waals surface area contributed by atoms with E-state index in [2.05, 4.69) is 4.98 Å². The van der Waals surface area contributed by atoms with Gasteiger partial charge in [0, 0.05) is 23.5 Å². The lowest BCUT2D eigenvalue weighted by Gasteiger charge is -2.24. The number of ether oxygens (including phenoxy) is 1. The van der Waals surface area contributed by atoms with Gasteiger partial charge in [-0.1, -0.05) is 35.3 Å². The van der Waals surface area contributed by atoms with Crippen LogP contribution in [0.1, 0.15) is 17.3 Å². The largest absolute Gasteiger partial charge is 0.507 e. The number of hydrogen-bond acceptors (Lipinski definition) is 5. The van der Waals surface area contributed by atoms with Gasteiger partial charge in [0.2, 0.25) is 0 Å². The number of aromatic nitrogens is 1. The Balaban J connectivity index is 1.94. The average Bonchev–Trinajstić information content (AvgIpc) is 3.06. The van der Waals surface area contributed by atoms with Crippen LogP contribution in [-0.2, 0) is 9.59 Å². The maximum absolute atomic E-state index is 13.1. The van der Waals surface area contributed by atoms with Gasteiger partial charge in [-0.3, -0.25) is 19.5 Å². The lowest BCUT2D eigenvalue weighted by molar-refractivity contribution is -0.132. The molecule has 1 aromatic heterocycles. The summed E-state index contributed by atoms with van der Waals surface area (Å²) in [7, 11) is 1.51.